The highest BCUT2D eigenvalue weighted by Gasteiger charge is 2.52. The van der Waals surface area contributed by atoms with Crippen molar-refractivity contribution in [2.24, 2.45) is 5.92 Å². The molecule has 0 bridgehead atoms. The molecule has 2 heterocycles. The molecular weight excluding hydrogens is 334 g/mol. The van der Waals surface area contributed by atoms with Crippen LogP contribution in [-0.2, 0) is 11.3 Å². The Morgan fingerprint density at radius 2 is 2.09 bits per heavy atom. The van der Waals surface area contributed by atoms with Crippen LogP contribution < -0.4 is 10.2 Å². The molecule has 0 radical (unpaired) electrons. The largest absolute Gasteiger partial charge is 0.329 e. The molecule has 1 aliphatic carbocycles. The molecule has 2 aliphatic rings. The molecule has 2 N–H and O–H groups in total. The normalized spacial score (nSPS) is 29.2. The predicted molar refractivity (Wildman–Crippen MR) is 90.5 cm³/mol. The van der Waals surface area contributed by atoms with Gasteiger partial charge in [0.05, 0.1) is 16.3 Å². The van der Waals surface area contributed by atoms with E-state index in [-0.39, 0.29) is 11.9 Å². The van der Waals surface area contributed by atoms with Gasteiger partial charge >= 0.3 is 6.03 Å². The van der Waals surface area contributed by atoms with Crippen molar-refractivity contribution in [3.05, 3.63) is 21.3 Å². The molecule has 7 heteroatoms. The first-order chi connectivity index (χ1) is 10.9. The van der Waals surface area contributed by atoms with Crippen molar-refractivity contribution in [3.63, 3.8) is 0 Å². The second-order valence-electron chi connectivity index (χ2n) is 6.93. The number of nitrogens with zero attached hydrogens (tertiary/aromatic N) is 1. The molecule has 1 spiro atoms. The first kappa shape index (κ1) is 16.7. The third kappa shape index (κ3) is 3.39. The molecule has 1 atom stereocenters. The highest BCUT2D eigenvalue weighted by Crippen LogP contribution is 2.35. The standard InChI is InChI=1S/C16H22ClN3O2S/c1-11-5-7-16(8-6-11)14(21)20(15(22)18-16)10-19(2)9-12-3-4-13(17)23-12/h3-4,11H,5-10H2,1-2H3,(H,18,22)/p+1. The van der Waals surface area contributed by atoms with E-state index in [1.165, 1.54) is 16.2 Å². The quantitative estimate of drug-likeness (QED) is 0.809. The van der Waals surface area contributed by atoms with Gasteiger partial charge in [-0.05, 0) is 43.7 Å². The molecule has 3 rings (SSSR count). The molecule has 1 saturated carbocycles. The predicted octanol–water partition coefficient (Wildman–Crippen LogP) is 1.87. The molecule has 1 saturated heterocycles. The van der Waals surface area contributed by atoms with Gasteiger partial charge in [0.1, 0.15) is 12.1 Å². The minimum atomic E-state index is -0.643. The van der Waals surface area contributed by atoms with Gasteiger partial charge in [-0.3, -0.25) is 4.79 Å². The summed E-state index contributed by atoms with van der Waals surface area (Å²) in [4.78, 5) is 28.7. The highest BCUT2D eigenvalue weighted by molar-refractivity contribution is 7.16. The highest BCUT2D eigenvalue weighted by atomic mass is 35.5. The number of quaternary nitrogens is 1. The second kappa shape index (κ2) is 6.42. The Bertz CT molecular complexity index is 610. The van der Waals surface area contributed by atoms with Crippen molar-refractivity contribution in [2.75, 3.05) is 13.7 Å². The number of halogens is 1. The first-order valence-corrected chi connectivity index (χ1v) is 9.29. The lowest BCUT2D eigenvalue weighted by Crippen LogP contribution is -3.09. The number of amides is 3. The molecule has 3 amide bonds. The van der Waals surface area contributed by atoms with Crippen LogP contribution in [0.1, 0.15) is 37.5 Å². The Hall–Kier alpha value is -1.11. The number of carbonyl (C=O) groups excluding carboxylic acids is 2. The van der Waals surface area contributed by atoms with E-state index < -0.39 is 5.54 Å². The van der Waals surface area contributed by atoms with Gasteiger partial charge in [0, 0.05) is 0 Å². The summed E-state index contributed by atoms with van der Waals surface area (Å²) in [5, 5.41) is 2.97. The number of urea groups is 1. The van der Waals surface area contributed by atoms with Gasteiger partial charge < -0.3 is 10.2 Å². The second-order valence-corrected chi connectivity index (χ2v) is 8.73. The van der Waals surface area contributed by atoms with Crippen LogP contribution in [0.4, 0.5) is 4.79 Å². The number of thiophene rings is 1. The van der Waals surface area contributed by atoms with Crippen LogP contribution in [0.3, 0.4) is 0 Å². The smallest absolute Gasteiger partial charge is 0.323 e. The maximum Gasteiger partial charge on any atom is 0.329 e. The summed E-state index contributed by atoms with van der Waals surface area (Å²) in [5.74, 6) is 0.592. The maximum atomic E-state index is 12.8. The summed E-state index contributed by atoms with van der Waals surface area (Å²) in [7, 11) is 1.99. The van der Waals surface area contributed by atoms with E-state index in [1.54, 1.807) is 0 Å². The minimum absolute atomic E-state index is 0.0436. The Balaban J connectivity index is 1.63. The lowest BCUT2D eigenvalue weighted by atomic mass is 9.77. The summed E-state index contributed by atoms with van der Waals surface area (Å²) in [5.41, 5.74) is -0.643. The fraction of sp³-hybridized carbons (Fsp3) is 0.625. The summed E-state index contributed by atoms with van der Waals surface area (Å²) in [6.45, 7) is 3.34. The average Bonchev–Trinajstić information content (AvgIpc) is 3.00. The maximum absolute atomic E-state index is 12.8. The monoisotopic (exact) mass is 356 g/mol. The third-order valence-electron chi connectivity index (χ3n) is 4.91. The van der Waals surface area contributed by atoms with Crippen LogP contribution in [0.2, 0.25) is 4.34 Å². The molecule has 1 aromatic rings. The van der Waals surface area contributed by atoms with Crippen molar-refractivity contribution in [2.45, 2.75) is 44.7 Å². The van der Waals surface area contributed by atoms with Crippen LogP contribution in [0.5, 0.6) is 0 Å². The van der Waals surface area contributed by atoms with E-state index in [9.17, 15) is 9.59 Å². The van der Waals surface area contributed by atoms with Gasteiger partial charge in [0.2, 0.25) is 0 Å². The van der Waals surface area contributed by atoms with Crippen LogP contribution in [0, 0.1) is 5.92 Å². The van der Waals surface area contributed by atoms with Gasteiger partial charge in [0.25, 0.3) is 5.91 Å². The summed E-state index contributed by atoms with van der Waals surface area (Å²) in [6, 6.07) is 3.63. The molecule has 126 valence electrons. The fourth-order valence-electron chi connectivity index (χ4n) is 3.48. The van der Waals surface area contributed by atoms with Crippen molar-refractivity contribution in [1.29, 1.82) is 0 Å². The summed E-state index contributed by atoms with van der Waals surface area (Å²) >= 11 is 7.49. The lowest BCUT2D eigenvalue weighted by molar-refractivity contribution is -0.900. The molecule has 5 nitrogen and oxygen atoms in total. The van der Waals surface area contributed by atoms with Gasteiger partial charge in [-0.1, -0.05) is 18.5 Å². The van der Waals surface area contributed by atoms with E-state index in [1.807, 2.05) is 19.2 Å². The molecular formula is C16H23ClN3O2S+. The van der Waals surface area contributed by atoms with E-state index >= 15 is 0 Å². The van der Waals surface area contributed by atoms with Crippen LogP contribution in [0.25, 0.3) is 0 Å². The van der Waals surface area contributed by atoms with Gasteiger partial charge in [-0.2, -0.15) is 0 Å². The average molecular weight is 357 g/mol. The van der Waals surface area contributed by atoms with Crippen molar-refractivity contribution >= 4 is 34.9 Å². The Morgan fingerprint density at radius 1 is 1.39 bits per heavy atom. The minimum Gasteiger partial charge on any atom is -0.323 e. The number of nitrogens with one attached hydrogen (secondary N) is 2. The zero-order chi connectivity index (χ0) is 16.6. The zero-order valence-corrected chi connectivity index (χ0v) is 15.1. The van der Waals surface area contributed by atoms with Crippen LogP contribution in [-0.4, -0.2) is 36.1 Å². The van der Waals surface area contributed by atoms with Crippen LogP contribution >= 0.6 is 22.9 Å². The number of imide groups is 1. The number of rotatable bonds is 4. The SMILES string of the molecule is CC1CCC2(CC1)NC(=O)N(C[NH+](C)Cc1ccc(Cl)s1)C2=O. The molecule has 23 heavy (non-hydrogen) atoms. The van der Waals surface area contributed by atoms with Crippen molar-refractivity contribution in [1.82, 2.24) is 10.2 Å². The Kier molecular flexibility index (Phi) is 4.67. The zero-order valence-electron chi connectivity index (χ0n) is 13.5. The van der Waals surface area contributed by atoms with E-state index in [0.717, 1.165) is 46.3 Å². The summed E-state index contributed by atoms with van der Waals surface area (Å²) in [6.07, 6.45) is 3.51. The van der Waals surface area contributed by atoms with Crippen molar-refractivity contribution in [3.8, 4) is 0 Å². The van der Waals surface area contributed by atoms with Gasteiger partial charge in [-0.15, -0.1) is 11.3 Å². The van der Waals surface area contributed by atoms with Crippen LogP contribution in [0.15, 0.2) is 12.1 Å². The van der Waals surface area contributed by atoms with Gasteiger partial charge in [-0.25, -0.2) is 9.69 Å². The van der Waals surface area contributed by atoms with Gasteiger partial charge in [0.15, 0.2) is 6.67 Å². The molecule has 0 aromatic carbocycles. The molecule has 1 aliphatic heterocycles. The lowest BCUT2D eigenvalue weighted by Gasteiger charge is -2.33. The number of hydrogen-bond acceptors (Lipinski definition) is 3. The van der Waals surface area contributed by atoms with E-state index in [4.69, 9.17) is 11.6 Å². The van der Waals surface area contributed by atoms with E-state index in [2.05, 4.69) is 12.2 Å². The summed E-state index contributed by atoms with van der Waals surface area (Å²) < 4.78 is 0.762. The first-order valence-electron chi connectivity index (χ1n) is 8.09. The molecule has 1 aromatic heterocycles. The Morgan fingerprint density at radius 3 is 2.70 bits per heavy atom. The molecule has 2 fully saturated rings. The topological polar surface area (TPSA) is 53.9 Å². The fourth-order valence-corrected chi connectivity index (χ4v) is 4.69. The number of carbonyl (C=O) groups is 2. The Labute approximate surface area is 145 Å². The van der Waals surface area contributed by atoms with E-state index in [0.29, 0.717) is 12.6 Å². The van der Waals surface area contributed by atoms with Crippen molar-refractivity contribution < 1.29 is 14.5 Å². The molecule has 1 unspecified atom stereocenters. The third-order valence-corrected chi connectivity index (χ3v) is 6.14. The number of hydrogen-bond donors (Lipinski definition) is 2.